The second-order valence-electron chi connectivity index (χ2n) is 3.75. The molecule has 19 heavy (non-hydrogen) atoms. The largest absolute Gasteiger partial charge is 0.332 e. The first-order valence-electron chi connectivity index (χ1n) is 5.52. The summed E-state index contributed by atoms with van der Waals surface area (Å²) in [4.78, 5) is 0. The SMILES string of the molecule is N#Cc1ccc(Cl)c(NC(=S)Nc2ccccc2)c1. The van der Waals surface area contributed by atoms with E-state index >= 15 is 0 Å². The Morgan fingerprint density at radius 1 is 1.11 bits per heavy atom. The highest BCUT2D eigenvalue weighted by Gasteiger charge is 2.04. The van der Waals surface area contributed by atoms with Gasteiger partial charge in [0, 0.05) is 5.69 Å². The van der Waals surface area contributed by atoms with Gasteiger partial charge in [0.25, 0.3) is 0 Å². The minimum absolute atomic E-state index is 0.420. The molecular weight excluding hydrogens is 278 g/mol. The van der Waals surface area contributed by atoms with Crippen LogP contribution in [-0.2, 0) is 0 Å². The van der Waals surface area contributed by atoms with Crippen molar-refractivity contribution >= 4 is 40.3 Å². The summed E-state index contributed by atoms with van der Waals surface area (Å²) < 4.78 is 0. The van der Waals surface area contributed by atoms with Gasteiger partial charge in [0.15, 0.2) is 5.11 Å². The van der Waals surface area contributed by atoms with Crippen LogP contribution in [-0.4, -0.2) is 5.11 Å². The number of hydrogen-bond acceptors (Lipinski definition) is 2. The van der Waals surface area contributed by atoms with Gasteiger partial charge < -0.3 is 10.6 Å². The van der Waals surface area contributed by atoms with E-state index in [0.29, 0.717) is 21.4 Å². The van der Waals surface area contributed by atoms with Crippen molar-refractivity contribution in [2.45, 2.75) is 0 Å². The van der Waals surface area contributed by atoms with E-state index in [-0.39, 0.29) is 0 Å². The summed E-state index contributed by atoms with van der Waals surface area (Å²) >= 11 is 11.2. The minimum atomic E-state index is 0.420. The standard InChI is InChI=1S/C14H10ClN3S/c15-12-7-6-10(9-16)8-13(12)18-14(19)17-11-4-2-1-3-5-11/h1-8H,(H2,17,18,19). The summed E-state index contributed by atoms with van der Waals surface area (Å²) in [5, 5.41) is 15.8. The topological polar surface area (TPSA) is 47.9 Å². The molecule has 2 aromatic rings. The van der Waals surface area contributed by atoms with Crippen molar-refractivity contribution in [3.05, 3.63) is 59.1 Å². The van der Waals surface area contributed by atoms with Crippen LogP contribution in [0.5, 0.6) is 0 Å². The minimum Gasteiger partial charge on any atom is -0.332 e. The summed E-state index contributed by atoms with van der Waals surface area (Å²) in [6.45, 7) is 0. The zero-order chi connectivity index (χ0) is 13.7. The maximum Gasteiger partial charge on any atom is 0.175 e. The van der Waals surface area contributed by atoms with Gasteiger partial charge in [-0.05, 0) is 42.5 Å². The molecule has 2 N–H and O–H groups in total. The predicted octanol–water partition coefficient (Wildman–Crippen LogP) is 4.02. The molecule has 0 aromatic heterocycles. The summed E-state index contributed by atoms with van der Waals surface area (Å²) in [7, 11) is 0. The molecule has 0 fully saturated rings. The highest BCUT2D eigenvalue weighted by molar-refractivity contribution is 7.80. The average Bonchev–Trinajstić information content (AvgIpc) is 2.42. The summed E-state index contributed by atoms with van der Waals surface area (Å²) in [5.74, 6) is 0. The molecule has 0 saturated carbocycles. The number of nitriles is 1. The Labute approximate surface area is 121 Å². The van der Waals surface area contributed by atoms with Gasteiger partial charge >= 0.3 is 0 Å². The predicted molar refractivity (Wildman–Crippen MR) is 82.5 cm³/mol. The maximum atomic E-state index is 8.85. The molecule has 0 heterocycles. The van der Waals surface area contributed by atoms with Crippen LogP contribution >= 0.6 is 23.8 Å². The zero-order valence-corrected chi connectivity index (χ0v) is 11.4. The summed E-state index contributed by atoms with van der Waals surface area (Å²) in [6, 6.07) is 16.6. The van der Waals surface area contributed by atoms with E-state index < -0.39 is 0 Å². The number of thiocarbonyl (C=S) groups is 1. The van der Waals surface area contributed by atoms with E-state index in [1.165, 1.54) is 0 Å². The molecule has 0 radical (unpaired) electrons. The first kappa shape index (κ1) is 13.3. The van der Waals surface area contributed by atoms with Crippen LogP contribution in [0.4, 0.5) is 11.4 Å². The molecule has 3 nitrogen and oxygen atoms in total. The highest BCUT2D eigenvalue weighted by atomic mass is 35.5. The van der Waals surface area contributed by atoms with Crippen LogP contribution in [0, 0.1) is 11.3 Å². The van der Waals surface area contributed by atoms with Crippen molar-refractivity contribution in [3.8, 4) is 6.07 Å². The van der Waals surface area contributed by atoms with Gasteiger partial charge in [-0.2, -0.15) is 5.26 Å². The second-order valence-corrected chi connectivity index (χ2v) is 4.57. The lowest BCUT2D eigenvalue weighted by atomic mass is 10.2. The Bertz CT molecular complexity index is 635. The molecule has 94 valence electrons. The molecule has 0 aliphatic carbocycles. The Morgan fingerprint density at radius 2 is 1.84 bits per heavy atom. The molecule has 0 atom stereocenters. The van der Waals surface area contributed by atoms with Gasteiger partial charge in [0.05, 0.1) is 22.3 Å². The van der Waals surface area contributed by atoms with E-state index in [4.69, 9.17) is 29.1 Å². The molecule has 0 spiro atoms. The second kappa shape index (κ2) is 6.19. The molecule has 0 saturated heterocycles. The molecule has 0 bridgehead atoms. The van der Waals surface area contributed by atoms with Crippen LogP contribution in [0.3, 0.4) is 0 Å². The van der Waals surface area contributed by atoms with Gasteiger partial charge in [-0.15, -0.1) is 0 Å². The van der Waals surface area contributed by atoms with Crippen molar-refractivity contribution in [1.82, 2.24) is 0 Å². The lowest BCUT2D eigenvalue weighted by Crippen LogP contribution is -2.19. The van der Waals surface area contributed by atoms with Crippen molar-refractivity contribution in [3.63, 3.8) is 0 Å². The van der Waals surface area contributed by atoms with E-state index in [2.05, 4.69) is 16.7 Å². The third kappa shape index (κ3) is 3.68. The third-order valence-corrected chi connectivity index (χ3v) is 2.91. The number of nitrogens with one attached hydrogen (secondary N) is 2. The molecule has 0 amide bonds. The fraction of sp³-hybridized carbons (Fsp3) is 0. The molecule has 2 rings (SSSR count). The maximum absolute atomic E-state index is 8.85. The number of para-hydroxylation sites is 1. The Morgan fingerprint density at radius 3 is 2.53 bits per heavy atom. The Hall–Kier alpha value is -2.09. The van der Waals surface area contributed by atoms with E-state index in [0.717, 1.165) is 5.69 Å². The number of anilines is 2. The Kier molecular flexibility index (Phi) is 4.35. The van der Waals surface area contributed by atoms with Crippen molar-refractivity contribution < 1.29 is 0 Å². The summed E-state index contributed by atoms with van der Waals surface area (Å²) in [6.07, 6.45) is 0. The van der Waals surface area contributed by atoms with Gasteiger partial charge in [-0.1, -0.05) is 29.8 Å². The van der Waals surface area contributed by atoms with Gasteiger partial charge in [0.1, 0.15) is 0 Å². The van der Waals surface area contributed by atoms with Gasteiger partial charge in [0.2, 0.25) is 0 Å². The fourth-order valence-electron chi connectivity index (χ4n) is 1.50. The van der Waals surface area contributed by atoms with Crippen molar-refractivity contribution in [2.75, 3.05) is 10.6 Å². The zero-order valence-electron chi connectivity index (χ0n) is 9.85. The molecule has 0 unspecified atom stereocenters. The first-order valence-corrected chi connectivity index (χ1v) is 6.30. The van der Waals surface area contributed by atoms with E-state index in [1.54, 1.807) is 18.2 Å². The molecular formula is C14H10ClN3S. The lowest BCUT2D eigenvalue weighted by molar-refractivity contribution is 1.48. The fourth-order valence-corrected chi connectivity index (χ4v) is 1.89. The smallest absolute Gasteiger partial charge is 0.175 e. The van der Waals surface area contributed by atoms with Crippen LogP contribution in [0.2, 0.25) is 5.02 Å². The van der Waals surface area contributed by atoms with E-state index in [1.807, 2.05) is 30.3 Å². The van der Waals surface area contributed by atoms with Crippen molar-refractivity contribution in [1.29, 1.82) is 5.26 Å². The Balaban J connectivity index is 2.09. The van der Waals surface area contributed by atoms with Crippen LogP contribution < -0.4 is 10.6 Å². The first-order chi connectivity index (χ1) is 9.19. The number of halogens is 1. The lowest BCUT2D eigenvalue weighted by Gasteiger charge is -2.11. The number of benzene rings is 2. The molecule has 5 heteroatoms. The number of rotatable bonds is 2. The number of hydrogen-bond donors (Lipinski definition) is 2. The van der Waals surface area contributed by atoms with Crippen LogP contribution in [0.25, 0.3) is 0 Å². The average molecular weight is 288 g/mol. The highest BCUT2D eigenvalue weighted by Crippen LogP contribution is 2.23. The summed E-state index contributed by atoms with van der Waals surface area (Å²) in [5.41, 5.74) is 2.01. The van der Waals surface area contributed by atoms with Gasteiger partial charge in [-0.3, -0.25) is 0 Å². The quantitative estimate of drug-likeness (QED) is 0.819. The van der Waals surface area contributed by atoms with Crippen LogP contribution in [0.1, 0.15) is 5.56 Å². The number of nitrogens with zero attached hydrogens (tertiary/aromatic N) is 1. The van der Waals surface area contributed by atoms with E-state index in [9.17, 15) is 0 Å². The normalized spacial score (nSPS) is 9.47. The molecule has 2 aromatic carbocycles. The molecule has 0 aliphatic rings. The van der Waals surface area contributed by atoms with Crippen molar-refractivity contribution in [2.24, 2.45) is 0 Å². The molecule has 0 aliphatic heterocycles. The third-order valence-electron chi connectivity index (χ3n) is 2.38. The van der Waals surface area contributed by atoms with Gasteiger partial charge in [-0.25, -0.2) is 0 Å². The van der Waals surface area contributed by atoms with Crippen LogP contribution in [0.15, 0.2) is 48.5 Å². The monoisotopic (exact) mass is 287 g/mol.